The zero-order chi connectivity index (χ0) is 16.5. The lowest BCUT2D eigenvalue weighted by Crippen LogP contribution is -2.13. The first-order valence-corrected chi connectivity index (χ1v) is 7.47. The Morgan fingerprint density at radius 1 is 1.17 bits per heavy atom. The molecule has 0 radical (unpaired) electrons. The van der Waals surface area contributed by atoms with Gasteiger partial charge >= 0.3 is 0 Å². The molecule has 0 aliphatic carbocycles. The number of anilines is 1. The molecule has 0 unspecified atom stereocenters. The summed E-state index contributed by atoms with van der Waals surface area (Å²) < 4.78 is 6.91. The normalized spacial score (nSPS) is 10.9. The number of imidazole rings is 1. The van der Waals surface area contributed by atoms with Gasteiger partial charge in [-0.25, -0.2) is 9.97 Å². The average Bonchev–Trinajstić information content (AvgIpc) is 3.24. The molecular formula is C18H14N4O2. The van der Waals surface area contributed by atoms with E-state index >= 15 is 0 Å². The van der Waals surface area contributed by atoms with Crippen LogP contribution in [0.2, 0.25) is 0 Å². The summed E-state index contributed by atoms with van der Waals surface area (Å²) in [5.74, 6) is 0.980. The number of carbonyl (C=O) groups is 1. The van der Waals surface area contributed by atoms with Crippen molar-refractivity contribution in [3.8, 4) is 11.3 Å². The molecule has 24 heavy (non-hydrogen) atoms. The van der Waals surface area contributed by atoms with Crippen LogP contribution in [-0.4, -0.2) is 20.3 Å². The van der Waals surface area contributed by atoms with Gasteiger partial charge in [-0.1, -0.05) is 29.8 Å². The van der Waals surface area contributed by atoms with E-state index < -0.39 is 0 Å². The van der Waals surface area contributed by atoms with Gasteiger partial charge < -0.3 is 9.73 Å². The van der Waals surface area contributed by atoms with Crippen LogP contribution < -0.4 is 5.32 Å². The van der Waals surface area contributed by atoms with E-state index in [9.17, 15) is 4.79 Å². The van der Waals surface area contributed by atoms with Crippen LogP contribution in [0.15, 0.2) is 65.5 Å². The second-order valence-electron chi connectivity index (χ2n) is 5.40. The Hall–Kier alpha value is -3.41. The van der Waals surface area contributed by atoms with Gasteiger partial charge in [0, 0.05) is 18.0 Å². The predicted molar refractivity (Wildman–Crippen MR) is 89.8 cm³/mol. The molecule has 0 saturated heterocycles. The number of hydrogen-bond acceptors (Lipinski definition) is 4. The molecule has 0 saturated carbocycles. The fourth-order valence-electron chi connectivity index (χ4n) is 2.50. The predicted octanol–water partition coefficient (Wildman–Crippen LogP) is 3.55. The van der Waals surface area contributed by atoms with Crippen LogP contribution in [0.3, 0.4) is 0 Å². The van der Waals surface area contributed by atoms with E-state index in [0.29, 0.717) is 17.3 Å². The molecule has 0 atom stereocenters. The Bertz CT molecular complexity index is 1000. The zero-order valence-corrected chi connectivity index (χ0v) is 12.9. The van der Waals surface area contributed by atoms with Crippen molar-refractivity contribution in [1.82, 2.24) is 14.4 Å². The van der Waals surface area contributed by atoms with Crippen LogP contribution in [0.4, 0.5) is 5.82 Å². The number of hydrogen-bond donors (Lipinski definition) is 1. The minimum Gasteiger partial charge on any atom is -0.459 e. The second kappa shape index (κ2) is 5.66. The highest BCUT2D eigenvalue weighted by molar-refractivity contribution is 6.03. The number of aryl methyl sites for hydroxylation is 1. The molecule has 3 heterocycles. The van der Waals surface area contributed by atoms with E-state index in [4.69, 9.17) is 4.42 Å². The fourth-order valence-corrected chi connectivity index (χ4v) is 2.50. The first kappa shape index (κ1) is 14.2. The largest absolute Gasteiger partial charge is 0.459 e. The first-order valence-electron chi connectivity index (χ1n) is 7.47. The van der Waals surface area contributed by atoms with Gasteiger partial charge in [0.15, 0.2) is 5.76 Å². The molecule has 4 rings (SSSR count). The molecule has 0 fully saturated rings. The summed E-state index contributed by atoms with van der Waals surface area (Å²) in [6, 6.07) is 13.0. The summed E-state index contributed by atoms with van der Waals surface area (Å²) >= 11 is 0. The number of nitrogens with one attached hydrogen (secondary N) is 1. The Kier molecular flexibility index (Phi) is 3.35. The van der Waals surface area contributed by atoms with Crippen molar-refractivity contribution in [2.75, 3.05) is 5.32 Å². The smallest absolute Gasteiger partial charge is 0.292 e. The van der Waals surface area contributed by atoms with Crippen molar-refractivity contribution >= 4 is 17.5 Å². The summed E-state index contributed by atoms with van der Waals surface area (Å²) in [5, 5.41) is 2.88. The minimum atomic E-state index is -0.334. The Morgan fingerprint density at radius 3 is 2.75 bits per heavy atom. The number of aromatic nitrogens is 3. The van der Waals surface area contributed by atoms with Crippen molar-refractivity contribution in [1.29, 1.82) is 0 Å². The topological polar surface area (TPSA) is 72.4 Å². The molecule has 4 aromatic rings. The average molecular weight is 318 g/mol. The molecule has 6 heteroatoms. The molecule has 1 N–H and O–H groups in total. The van der Waals surface area contributed by atoms with Crippen molar-refractivity contribution < 1.29 is 9.21 Å². The van der Waals surface area contributed by atoms with Crippen molar-refractivity contribution in [2.24, 2.45) is 0 Å². The van der Waals surface area contributed by atoms with Crippen molar-refractivity contribution in [3.63, 3.8) is 0 Å². The highest BCUT2D eigenvalue weighted by Gasteiger charge is 2.18. The Balaban J connectivity index is 1.84. The van der Waals surface area contributed by atoms with Crippen LogP contribution in [0.25, 0.3) is 17.0 Å². The van der Waals surface area contributed by atoms with Gasteiger partial charge in [0.2, 0.25) is 5.78 Å². The first-order chi connectivity index (χ1) is 11.7. The quantitative estimate of drug-likeness (QED) is 0.627. The standard InChI is InChI=1S/C18H14N4O2/c1-12-5-7-13(8-6-12)15-16(21-17(23)14-4-2-11-24-14)22-10-3-9-19-18(22)20-15/h2-11H,1H3,(H,21,23). The number of carbonyl (C=O) groups excluding carboxylic acids is 1. The zero-order valence-electron chi connectivity index (χ0n) is 12.9. The van der Waals surface area contributed by atoms with E-state index in [-0.39, 0.29) is 11.7 Å². The van der Waals surface area contributed by atoms with Crippen molar-refractivity contribution in [2.45, 2.75) is 6.92 Å². The Morgan fingerprint density at radius 2 is 2.00 bits per heavy atom. The lowest BCUT2D eigenvalue weighted by Gasteiger charge is -2.06. The van der Waals surface area contributed by atoms with Gasteiger partial charge in [-0.2, -0.15) is 0 Å². The van der Waals surface area contributed by atoms with Crippen LogP contribution >= 0.6 is 0 Å². The lowest BCUT2D eigenvalue weighted by molar-refractivity contribution is 0.0996. The van der Waals surface area contributed by atoms with E-state index in [1.807, 2.05) is 37.4 Å². The molecule has 1 amide bonds. The number of furan rings is 1. The maximum Gasteiger partial charge on any atom is 0.292 e. The van der Waals surface area contributed by atoms with Gasteiger partial charge in [0.25, 0.3) is 5.91 Å². The summed E-state index contributed by atoms with van der Waals surface area (Å²) in [6.07, 6.45) is 4.94. The summed E-state index contributed by atoms with van der Waals surface area (Å²) in [4.78, 5) is 21.2. The molecule has 1 aromatic carbocycles. The maximum absolute atomic E-state index is 12.4. The van der Waals surface area contributed by atoms with Crippen LogP contribution in [0.1, 0.15) is 16.1 Å². The van der Waals surface area contributed by atoms with E-state index in [1.54, 1.807) is 28.8 Å². The van der Waals surface area contributed by atoms with Crippen LogP contribution in [-0.2, 0) is 0 Å². The molecular weight excluding hydrogens is 304 g/mol. The molecule has 0 aliphatic rings. The van der Waals surface area contributed by atoms with Crippen LogP contribution in [0, 0.1) is 6.92 Å². The molecule has 0 bridgehead atoms. The van der Waals surface area contributed by atoms with Gasteiger partial charge in [-0.05, 0) is 25.1 Å². The van der Waals surface area contributed by atoms with E-state index in [1.165, 1.54) is 6.26 Å². The van der Waals surface area contributed by atoms with E-state index in [0.717, 1.165) is 11.1 Å². The third-order valence-corrected chi connectivity index (χ3v) is 3.71. The summed E-state index contributed by atoms with van der Waals surface area (Å²) in [6.45, 7) is 2.02. The molecule has 6 nitrogen and oxygen atoms in total. The van der Waals surface area contributed by atoms with E-state index in [2.05, 4.69) is 15.3 Å². The van der Waals surface area contributed by atoms with Crippen LogP contribution in [0.5, 0.6) is 0 Å². The van der Waals surface area contributed by atoms with Gasteiger partial charge in [0.1, 0.15) is 11.5 Å². The third-order valence-electron chi connectivity index (χ3n) is 3.71. The fraction of sp³-hybridized carbons (Fsp3) is 0.0556. The van der Waals surface area contributed by atoms with Gasteiger partial charge in [-0.3, -0.25) is 9.20 Å². The minimum absolute atomic E-state index is 0.240. The molecule has 118 valence electrons. The number of rotatable bonds is 3. The highest BCUT2D eigenvalue weighted by Crippen LogP contribution is 2.28. The summed E-state index contributed by atoms with van der Waals surface area (Å²) in [7, 11) is 0. The van der Waals surface area contributed by atoms with Gasteiger partial charge in [0.05, 0.1) is 6.26 Å². The SMILES string of the molecule is Cc1ccc(-c2nc3ncccn3c2NC(=O)c2ccco2)cc1. The third kappa shape index (κ3) is 2.44. The van der Waals surface area contributed by atoms with Gasteiger partial charge in [-0.15, -0.1) is 0 Å². The highest BCUT2D eigenvalue weighted by atomic mass is 16.3. The summed E-state index contributed by atoms with van der Waals surface area (Å²) in [5.41, 5.74) is 2.72. The molecule has 3 aromatic heterocycles. The van der Waals surface area contributed by atoms with Crippen molar-refractivity contribution in [3.05, 3.63) is 72.4 Å². The maximum atomic E-state index is 12.4. The number of amides is 1. The number of fused-ring (bicyclic) bond motifs is 1. The Labute approximate surface area is 137 Å². The number of nitrogens with zero attached hydrogens (tertiary/aromatic N) is 3. The molecule has 0 spiro atoms. The monoisotopic (exact) mass is 318 g/mol. The number of benzene rings is 1. The second-order valence-corrected chi connectivity index (χ2v) is 5.40. The lowest BCUT2D eigenvalue weighted by atomic mass is 10.1. The molecule has 0 aliphatic heterocycles.